The van der Waals surface area contributed by atoms with E-state index < -0.39 is 0 Å². The first-order valence-electron chi connectivity index (χ1n) is 6.07. The third-order valence-electron chi connectivity index (χ3n) is 2.75. The number of aryl methyl sites for hydroxylation is 1. The molecule has 1 rings (SSSR count). The van der Waals surface area contributed by atoms with Crippen LogP contribution in [0.5, 0.6) is 0 Å². The monoisotopic (exact) mass is 250 g/mol. The third kappa shape index (κ3) is 4.37. The number of anilines is 2. The lowest BCUT2D eigenvalue weighted by Gasteiger charge is -2.23. The van der Waals surface area contributed by atoms with Crippen LogP contribution in [0.4, 0.5) is 11.4 Å². The van der Waals surface area contributed by atoms with Gasteiger partial charge >= 0.3 is 0 Å². The Morgan fingerprint density at radius 3 is 2.61 bits per heavy atom. The lowest BCUT2D eigenvalue weighted by Crippen LogP contribution is -2.26. The molecule has 18 heavy (non-hydrogen) atoms. The number of benzene rings is 1. The number of nitrogens with one attached hydrogen (secondary N) is 2. The average molecular weight is 250 g/mol. The maximum Gasteiger partial charge on any atom is 0.221 e. The van der Waals surface area contributed by atoms with Crippen molar-refractivity contribution >= 4 is 17.3 Å². The summed E-state index contributed by atoms with van der Waals surface area (Å²) >= 11 is 0. The maximum atomic E-state index is 11.1. The molecule has 0 saturated heterocycles. The highest BCUT2D eigenvalue weighted by Crippen LogP contribution is 2.22. The molecule has 0 fully saturated rings. The normalized spacial score (nSPS) is 11.2. The van der Waals surface area contributed by atoms with Gasteiger partial charge in [0.2, 0.25) is 5.91 Å². The number of rotatable bonds is 5. The molecule has 4 nitrogen and oxygen atoms in total. The minimum Gasteiger partial charge on any atom is -0.396 e. The number of hydrogen-bond donors (Lipinski definition) is 3. The average Bonchev–Trinajstić information content (AvgIpc) is 2.30. The van der Waals surface area contributed by atoms with Crippen molar-refractivity contribution in [2.24, 2.45) is 5.41 Å². The number of aliphatic hydroxyl groups excluding tert-OH is 1. The minimum absolute atomic E-state index is 0.0778. The highest BCUT2D eigenvalue weighted by Gasteiger charge is 2.15. The van der Waals surface area contributed by atoms with Crippen molar-refractivity contribution in [1.29, 1.82) is 0 Å². The summed E-state index contributed by atoms with van der Waals surface area (Å²) < 4.78 is 0. The highest BCUT2D eigenvalue weighted by molar-refractivity contribution is 5.90. The van der Waals surface area contributed by atoms with Crippen LogP contribution < -0.4 is 10.6 Å². The second-order valence-electron chi connectivity index (χ2n) is 5.39. The van der Waals surface area contributed by atoms with E-state index in [1.807, 2.05) is 39.0 Å². The fourth-order valence-electron chi connectivity index (χ4n) is 1.45. The molecule has 0 unspecified atom stereocenters. The first kappa shape index (κ1) is 14.5. The summed E-state index contributed by atoms with van der Waals surface area (Å²) in [6.07, 6.45) is 0. The van der Waals surface area contributed by atoms with E-state index in [-0.39, 0.29) is 17.9 Å². The zero-order valence-electron chi connectivity index (χ0n) is 11.5. The van der Waals surface area contributed by atoms with E-state index >= 15 is 0 Å². The predicted octanol–water partition coefficient (Wildman–Crippen LogP) is 2.38. The molecule has 1 aromatic carbocycles. The van der Waals surface area contributed by atoms with Crippen LogP contribution in [0.25, 0.3) is 0 Å². The summed E-state index contributed by atoms with van der Waals surface area (Å²) in [6, 6.07) is 5.83. The molecule has 0 spiro atoms. The molecule has 0 atom stereocenters. The van der Waals surface area contributed by atoms with Crippen LogP contribution in [0, 0.1) is 12.3 Å². The van der Waals surface area contributed by atoms with Gasteiger partial charge in [0.15, 0.2) is 0 Å². The predicted molar refractivity (Wildman–Crippen MR) is 74.8 cm³/mol. The molecule has 100 valence electrons. The fraction of sp³-hybridized carbons (Fsp3) is 0.500. The maximum absolute atomic E-state index is 11.1. The van der Waals surface area contributed by atoms with Crippen molar-refractivity contribution < 1.29 is 9.90 Å². The van der Waals surface area contributed by atoms with Crippen molar-refractivity contribution in [2.75, 3.05) is 23.8 Å². The van der Waals surface area contributed by atoms with E-state index in [0.717, 1.165) is 16.9 Å². The second kappa shape index (κ2) is 5.87. The van der Waals surface area contributed by atoms with Crippen LogP contribution in [0.1, 0.15) is 26.3 Å². The zero-order valence-corrected chi connectivity index (χ0v) is 11.5. The molecule has 1 amide bonds. The van der Waals surface area contributed by atoms with Gasteiger partial charge in [-0.15, -0.1) is 0 Å². The third-order valence-corrected chi connectivity index (χ3v) is 2.75. The Kier molecular flexibility index (Phi) is 4.73. The molecule has 1 aromatic rings. The summed E-state index contributed by atoms with van der Waals surface area (Å²) in [7, 11) is 0. The Balaban J connectivity index is 2.76. The van der Waals surface area contributed by atoms with Crippen LogP contribution in [0.3, 0.4) is 0 Å². The molecule has 4 heteroatoms. The Labute approximate surface area is 108 Å². The zero-order chi connectivity index (χ0) is 13.8. The SMILES string of the molecule is CC(=O)Nc1cc(NCC(C)(C)CO)ccc1C. The summed E-state index contributed by atoms with van der Waals surface area (Å²) in [6.45, 7) is 8.23. The molecular weight excluding hydrogens is 228 g/mol. The number of hydrogen-bond acceptors (Lipinski definition) is 3. The van der Waals surface area contributed by atoms with Crippen molar-refractivity contribution in [2.45, 2.75) is 27.7 Å². The van der Waals surface area contributed by atoms with Crippen LogP contribution in [0.15, 0.2) is 18.2 Å². The van der Waals surface area contributed by atoms with E-state index in [1.165, 1.54) is 6.92 Å². The number of aliphatic hydroxyl groups is 1. The van der Waals surface area contributed by atoms with Crippen LogP contribution in [-0.2, 0) is 4.79 Å². The van der Waals surface area contributed by atoms with E-state index in [1.54, 1.807) is 0 Å². The van der Waals surface area contributed by atoms with Gasteiger partial charge in [-0.2, -0.15) is 0 Å². The summed E-state index contributed by atoms with van der Waals surface area (Å²) in [5.74, 6) is -0.0778. The van der Waals surface area contributed by atoms with Gasteiger partial charge in [-0.25, -0.2) is 0 Å². The number of carbonyl (C=O) groups is 1. The van der Waals surface area contributed by atoms with E-state index in [4.69, 9.17) is 0 Å². The van der Waals surface area contributed by atoms with Gasteiger partial charge < -0.3 is 15.7 Å². The highest BCUT2D eigenvalue weighted by atomic mass is 16.3. The molecule has 0 saturated carbocycles. The van der Waals surface area contributed by atoms with E-state index in [0.29, 0.717) is 6.54 Å². The Morgan fingerprint density at radius 1 is 1.39 bits per heavy atom. The Bertz CT molecular complexity index is 428. The lowest BCUT2D eigenvalue weighted by molar-refractivity contribution is -0.114. The topological polar surface area (TPSA) is 61.4 Å². The molecule has 0 aliphatic heterocycles. The Morgan fingerprint density at radius 2 is 2.06 bits per heavy atom. The van der Waals surface area contributed by atoms with Gasteiger partial charge in [0.05, 0.1) is 0 Å². The van der Waals surface area contributed by atoms with Crippen molar-refractivity contribution in [3.63, 3.8) is 0 Å². The molecule has 0 heterocycles. The molecule has 3 N–H and O–H groups in total. The largest absolute Gasteiger partial charge is 0.396 e. The fourth-order valence-corrected chi connectivity index (χ4v) is 1.45. The standard InChI is InChI=1S/C14H22N2O2/c1-10-5-6-12(7-13(10)16-11(2)18)15-8-14(3,4)9-17/h5-7,15,17H,8-9H2,1-4H3,(H,16,18). The van der Waals surface area contributed by atoms with Gasteiger partial charge in [0.1, 0.15) is 0 Å². The van der Waals surface area contributed by atoms with Crippen LogP contribution in [-0.4, -0.2) is 24.2 Å². The van der Waals surface area contributed by atoms with Crippen molar-refractivity contribution in [3.8, 4) is 0 Å². The molecule has 0 aliphatic rings. The molecule has 0 aliphatic carbocycles. The van der Waals surface area contributed by atoms with Gasteiger partial charge in [-0.05, 0) is 24.6 Å². The quantitative estimate of drug-likeness (QED) is 0.752. The molecular formula is C14H22N2O2. The van der Waals surface area contributed by atoms with Gasteiger partial charge in [-0.1, -0.05) is 19.9 Å². The lowest BCUT2D eigenvalue weighted by atomic mass is 9.95. The molecule has 0 aromatic heterocycles. The first-order valence-corrected chi connectivity index (χ1v) is 6.07. The van der Waals surface area contributed by atoms with Crippen molar-refractivity contribution in [3.05, 3.63) is 23.8 Å². The summed E-state index contributed by atoms with van der Waals surface area (Å²) in [5, 5.41) is 15.3. The summed E-state index contributed by atoms with van der Waals surface area (Å²) in [4.78, 5) is 11.1. The van der Waals surface area contributed by atoms with Crippen molar-refractivity contribution in [1.82, 2.24) is 0 Å². The number of amides is 1. The van der Waals surface area contributed by atoms with Crippen LogP contribution in [0.2, 0.25) is 0 Å². The molecule has 0 bridgehead atoms. The van der Waals surface area contributed by atoms with E-state index in [9.17, 15) is 9.90 Å². The Hall–Kier alpha value is -1.55. The van der Waals surface area contributed by atoms with E-state index in [2.05, 4.69) is 10.6 Å². The second-order valence-corrected chi connectivity index (χ2v) is 5.39. The van der Waals surface area contributed by atoms with Gasteiger partial charge in [0.25, 0.3) is 0 Å². The van der Waals surface area contributed by atoms with Crippen LogP contribution >= 0.6 is 0 Å². The molecule has 0 radical (unpaired) electrons. The smallest absolute Gasteiger partial charge is 0.221 e. The summed E-state index contributed by atoms with van der Waals surface area (Å²) in [5.41, 5.74) is 2.61. The van der Waals surface area contributed by atoms with Gasteiger partial charge in [0, 0.05) is 36.9 Å². The first-order chi connectivity index (χ1) is 8.34. The number of carbonyl (C=O) groups excluding carboxylic acids is 1. The van der Waals surface area contributed by atoms with Gasteiger partial charge in [-0.3, -0.25) is 4.79 Å². The minimum atomic E-state index is -0.168.